The lowest BCUT2D eigenvalue weighted by molar-refractivity contribution is 0.0529. The predicted octanol–water partition coefficient (Wildman–Crippen LogP) is 6.74. The summed E-state index contributed by atoms with van der Waals surface area (Å²) < 4.78 is 34.9. The number of halogens is 3. The molecule has 0 aromatic heterocycles. The van der Waals surface area contributed by atoms with E-state index >= 15 is 0 Å². The van der Waals surface area contributed by atoms with Gasteiger partial charge in [-0.1, -0.05) is 35.9 Å². The lowest BCUT2D eigenvalue weighted by Gasteiger charge is -2.26. The number of phenols is 1. The highest BCUT2D eigenvalue weighted by Crippen LogP contribution is 2.43. The Morgan fingerprint density at radius 2 is 1.57 bits per heavy atom. The minimum atomic E-state index is -4.40. The van der Waals surface area contributed by atoms with Gasteiger partial charge in [0.2, 0.25) is 10.0 Å². The van der Waals surface area contributed by atoms with E-state index in [4.69, 9.17) is 16.3 Å². The minimum absolute atomic E-state index is 0.0936. The van der Waals surface area contributed by atoms with Gasteiger partial charge in [0, 0.05) is 22.0 Å². The average molecular weight is 719 g/mol. The Labute approximate surface area is 254 Å². The van der Waals surface area contributed by atoms with Crippen LogP contribution in [0.2, 0.25) is 5.02 Å². The molecular weight excluding hydrogens is 692 g/mol. The highest BCUT2D eigenvalue weighted by atomic mass is 79.9. The summed E-state index contributed by atoms with van der Waals surface area (Å²) in [7, 11) is -4.40. The van der Waals surface area contributed by atoms with E-state index in [1.807, 2.05) is 0 Å². The zero-order valence-corrected chi connectivity index (χ0v) is 26.4. The maximum Gasteiger partial charge on any atom is 0.407 e. The molecular formula is C26H27Br2ClN4O6S. The van der Waals surface area contributed by atoms with Crippen molar-refractivity contribution in [1.29, 1.82) is 0 Å². The van der Waals surface area contributed by atoms with Crippen molar-refractivity contribution in [3.05, 3.63) is 74.6 Å². The molecule has 0 unspecified atom stereocenters. The van der Waals surface area contributed by atoms with Gasteiger partial charge >= 0.3 is 12.1 Å². The van der Waals surface area contributed by atoms with Gasteiger partial charge in [-0.3, -0.25) is 4.90 Å². The third kappa shape index (κ3) is 8.10. The quantitative estimate of drug-likeness (QED) is 0.191. The highest BCUT2D eigenvalue weighted by Gasteiger charge is 2.30. The molecule has 0 radical (unpaired) electrons. The molecule has 3 amide bonds. The van der Waals surface area contributed by atoms with Gasteiger partial charge in [-0.15, -0.1) is 0 Å². The smallest absolute Gasteiger partial charge is 0.407 e. The first-order chi connectivity index (χ1) is 18.7. The van der Waals surface area contributed by atoms with Crippen LogP contribution in [0.25, 0.3) is 0 Å². The molecule has 0 heterocycles. The molecule has 0 atom stereocenters. The maximum atomic E-state index is 13.6. The number of aromatic hydroxyl groups is 1. The molecule has 0 aliphatic rings. The summed E-state index contributed by atoms with van der Waals surface area (Å²) in [5, 5.41) is 16.2. The molecule has 10 nitrogen and oxygen atoms in total. The molecule has 3 rings (SSSR count). The fraction of sp³-hybridized carbons (Fsp3) is 0.231. The lowest BCUT2D eigenvalue weighted by atomic mass is 10.2. The summed E-state index contributed by atoms with van der Waals surface area (Å²) in [6, 6.07) is 15.6. The van der Waals surface area contributed by atoms with E-state index < -0.39 is 38.4 Å². The van der Waals surface area contributed by atoms with Gasteiger partial charge in [0.25, 0.3) is 0 Å². The Hall–Kier alpha value is -2.84. The van der Waals surface area contributed by atoms with E-state index in [1.54, 1.807) is 69.3 Å². The number of sulfonamides is 1. The summed E-state index contributed by atoms with van der Waals surface area (Å²) in [6.45, 7) is 4.78. The van der Waals surface area contributed by atoms with E-state index in [9.17, 15) is 23.1 Å². The molecule has 0 aliphatic heterocycles. The van der Waals surface area contributed by atoms with E-state index in [0.717, 1.165) is 4.90 Å². The molecule has 0 aliphatic carbocycles. The van der Waals surface area contributed by atoms with Crippen LogP contribution in [0.15, 0.2) is 74.5 Å². The highest BCUT2D eigenvalue weighted by molar-refractivity contribution is 9.11. The van der Waals surface area contributed by atoms with Crippen molar-refractivity contribution in [3.63, 3.8) is 0 Å². The normalized spacial score (nSPS) is 11.6. The van der Waals surface area contributed by atoms with Gasteiger partial charge in [-0.2, -0.15) is 0 Å². The lowest BCUT2D eigenvalue weighted by Crippen LogP contribution is -2.38. The Morgan fingerprint density at radius 3 is 2.20 bits per heavy atom. The number of nitrogens with one attached hydrogen (secondary N) is 3. The Bertz CT molecular complexity index is 1520. The van der Waals surface area contributed by atoms with Crippen LogP contribution in [-0.2, 0) is 14.8 Å². The van der Waals surface area contributed by atoms with Crippen LogP contribution in [-0.4, -0.2) is 44.3 Å². The molecule has 0 fully saturated rings. The molecule has 40 heavy (non-hydrogen) atoms. The minimum Gasteiger partial charge on any atom is -0.504 e. The number of ether oxygens (including phenoxy) is 1. The zero-order chi connectivity index (χ0) is 29.7. The summed E-state index contributed by atoms with van der Waals surface area (Å²) in [5.74, 6) is -0.752. The SMILES string of the molecule is CC(C)(C)OC(=O)NCCNS(=O)(=O)c1c(Cl)ccc(N(C(=O)Nc2ccccc2Br)c2ccccc2Br)c1O. The third-order valence-electron chi connectivity index (χ3n) is 5.07. The van der Waals surface area contributed by atoms with Crippen molar-refractivity contribution in [2.75, 3.05) is 23.3 Å². The fourth-order valence-electron chi connectivity index (χ4n) is 3.42. The maximum absolute atomic E-state index is 13.6. The van der Waals surface area contributed by atoms with Gasteiger partial charge in [0.15, 0.2) is 5.75 Å². The summed E-state index contributed by atoms with van der Waals surface area (Å²) >= 11 is 13.0. The van der Waals surface area contributed by atoms with Gasteiger partial charge in [0.1, 0.15) is 10.5 Å². The number of anilines is 3. The molecule has 0 saturated heterocycles. The summed E-state index contributed by atoms with van der Waals surface area (Å²) in [6.07, 6.45) is -0.713. The van der Waals surface area contributed by atoms with Gasteiger partial charge in [0.05, 0.1) is 22.1 Å². The second-order valence-electron chi connectivity index (χ2n) is 9.27. The van der Waals surface area contributed by atoms with Gasteiger partial charge in [-0.05, 0) is 89.0 Å². The number of hydrogen-bond acceptors (Lipinski definition) is 6. The van der Waals surface area contributed by atoms with E-state index in [0.29, 0.717) is 20.3 Å². The van der Waals surface area contributed by atoms with Crippen molar-refractivity contribution in [1.82, 2.24) is 10.0 Å². The molecule has 0 bridgehead atoms. The summed E-state index contributed by atoms with van der Waals surface area (Å²) in [4.78, 5) is 25.9. The van der Waals surface area contributed by atoms with Crippen molar-refractivity contribution < 1.29 is 27.9 Å². The fourth-order valence-corrected chi connectivity index (χ4v) is 5.93. The second-order valence-corrected chi connectivity index (χ2v) is 13.1. The number of para-hydroxylation sites is 2. The van der Waals surface area contributed by atoms with Crippen LogP contribution in [0.4, 0.5) is 26.7 Å². The average Bonchev–Trinajstić information content (AvgIpc) is 2.85. The number of carbonyl (C=O) groups excluding carboxylic acids is 2. The van der Waals surface area contributed by atoms with Crippen molar-refractivity contribution in [2.24, 2.45) is 0 Å². The Balaban J connectivity index is 1.95. The number of phenolic OH excluding ortho intramolecular Hbond substituents is 1. The molecule has 14 heteroatoms. The van der Waals surface area contributed by atoms with Crippen LogP contribution in [0, 0.1) is 0 Å². The molecule has 0 spiro atoms. The third-order valence-corrected chi connectivity index (χ3v) is 8.39. The van der Waals surface area contributed by atoms with E-state index in [2.05, 4.69) is 47.2 Å². The molecule has 0 saturated carbocycles. The van der Waals surface area contributed by atoms with Crippen molar-refractivity contribution in [3.8, 4) is 5.75 Å². The number of amides is 3. The standard InChI is InChI=1S/C26H27Br2ClN4O6S/c1-26(2,3)39-25(36)30-14-15-31-40(37,38)23-18(29)12-13-21(22(23)34)33(20-11-7-5-9-17(20)28)24(35)32-19-10-6-4-8-16(19)27/h4-13,31,34H,14-15H2,1-3H3,(H,30,36)(H,32,35). The van der Waals surface area contributed by atoms with Gasteiger partial charge in [-0.25, -0.2) is 22.7 Å². The Morgan fingerprint density at radius 1 is 0.950 bits per heavy atom. The first-order valence-corrected chi connectivity index (χ1v) is 15.2. The number of hydrogen-bond donors (Lipinski definition) is 4. The van der Waals surface area contributed by atoms with Crippen molar-refractivity contribution >= 4 is 82.7 Å². The van der Waals surface area contributed by atoms with Crippen LogP contribution >= 0.6 is 43.5 Å². The van der Waals surface area contributed by atoms with Crippen molar-refractivity contribution in [2.45, 2.75) is 31.3 Å². The second kappa shape index (κ2) is 13.2. The number of urea groups is 1. The molecule has 3 aromatic carbocycles. The number of carbonyl (C=O) groups is 2. The number of nitrogens with zero attached hydrogens (tertiary/aromatic N) is 1. The number of rotatable bonds is 8. The monoisotopic (exact) mass is 716 g/mol. The largest absolute Gasteiger partial charge is 0.504 e. The first kappa shape index (κ1) is 31.7. The number of benzene rings is 3. The first-order valence-electron chi connectivity index (χ1n) is 11.8. The van der Waals surface area contributed by atoms with Crippen LogP contribution in [0.5, 0.6) is 5.75 Å². The molecule has 4 N–H and O–H groups in total. The molecule has 214 valence electrons. The predicted molar refractivity (Wildman–Crippen MR) is 162 cm³/mol. The van der Waals surface area contributed by atoms with E-state index in [1.165, 1.54) is 12.1 Å². The Kier molecular flexibility index (Phi) is 10.5. The molecule has 3 aromatic rings. The van der Waals surface area contributed by atoms with Crippen LogP contribution in [0.3, 0.4) is 0 Å². The summed E-state index contributed by atoms with van der Waals surface area (Å²) in [5.41, 5.74) is -0.0908. The van der Waals surface area contributed by atoms with E-state index in [-0.39, 0.29) is 23.8 Å². The van der Waals surface area contributed by atoms with Crippen LogP contribution in [0.1, 0.15) is 20.8 Å². The topological polar surface area (TPSA) is 137 Å². The van der Waals surface area contributed by atoms with Gasteiger partial charge < -0.3 is 20.5 Å². The van der Waals surface area contributed by atoms with Crippen LogP contribution < -0.4 is 20.3 Å². The number of alkyl carbamates (subject to hydrolysis) is 1. The zero-order valence-electron chi connectivity index (χ0n) is 21.7.